The van der Waals surface area contributed by atoms with Crippen molar-refractivity contribution >= 4 is 33.3 Å². The molecule has 0 spiro atoms. The average Bonchev–Trinajstić information content (AvgIpc) is 3.18. The van der Waals surface area contributed by atoms with Crippen LogP contribution in [-0.2, 0) is 6.18 Å². The highest BCUT2D eigenvalue weighted by atomic mass is 79.9. The molecule has 0 aliphatic heterocycles. The summed E-state index contributed by atoms with van der Waals surface area (Å²) in [5, 5.41) is 6.33. The first-order chi connectivity index (χ1) is 15.1. The zero-order valence-corrected chi connectivity index (χ0v) is 18.6. The van der Waals surface area contributed by atoms with E-state index in [0.717, 1.165) is 22.3 Å². The standard InChI is InChI=1S/C22H17BrF3N5O/c1-12(2)13-3-5-14(6-4-13)17-9-18(22(24,25)26)31-20(29-17)16(11-28-31)21(32)30-19-8-7-15(23)10-27-19/h3-12H,1-2H3,(H,27,30,32). The zero-order chi connectivity index (χ0) is 23.0. The number of benzene rings is 1. The molecule has 0 radical (unpaired) electrons. The lowest BCUT2D eigenvalue weighted by atomic mass is 10.0. The molecule has 1 N–H and O–H groups in total. The molecule has 3 heterocycles. The van der Waals surface area contributed by atoms with Gasteiger partial charge >= 0.3 is 6.18 Å². The fraction of sp³-hybridized carbons (Fsp3) is 0.182. The summed E-state index contributed by atoms with van der Waals surface area (Å²) < 4.78 is 42.7. The van der Waals surface area contributed by atoms with Crippen LogP contribution in [0.5, 0.6) is 0 Å². The molecule has 0 unspecified atom stereocenters. The van der Waals surface area contributed by atoms with Gasteiger partial charge in [-0.15, -0.1) is 0 Å². The van der Waals surface area contributed by atoms with Crippen LogP contribution in [0.2, 0.25) is 0 Å². The lowest BCUT2D eigenvalue weighted by molar-refractivity contribution is -0.142. The molecule has 6 nitrogen and oxygen atoms in total. The molecule has 0 atom stereocenters. The number of aromatic nitrogens is 4. The molecular weight excluding hydrogens is 487 g/mol. The highest BCUT2D eigenvalue weighted by Gasteiger charge is 2.36. The van der Waals surface area contributed by atoms with E-state index >= 15 is 0 Å². The first kappa shape index (κ1) is 21.9. The van der Waals surface area contributed by atoms with Gasteiger partial charge in [-0.05, 0) is 45.6 Å². The fourth-order valence-corrected chi connectivity index (χ4v) is 3.38. The van der Waals surface area contributed by atoms with Crippen molar-refractivity contribution in [1.29, 1.82) is 0 Å². The van der Waals surface area contributed by atoms with E-state index < -0.39 is 17.8 Å². The number of nitrogens with zero attached hydrogens (tertiary/aromatic N) is 4. The van der Waals surface area contributed by atoms with Crippen LogP contribution in [-0.4, -0.2) is 25.5 Å². The number of pyridine rings is 1. The molecule has 10 heteroatoms. The van der Waals surface area contributed by atoms with E-state index in [1.54, 1.807) is 24.3 Å². The summed E-state index contributed by atoms with van der Waals surface area (Å²) in [6.07, 6.45) is -2.14. The minimum absolute atomic E-state index is 0.0939. The molecule has 0 aliphatic rings. The van der Waals surface area contributed by atoms with E-state index in [-0.39, 0.29) is 28.6 Å². The zero-order valence-electron chi connectivity index (χ0n) is 17.0. The minimum atomic E-state index is -4.69. The number of alkyl halides is 3. The van der Waals surface area contributed by atoms with Gasteiger partial charge in [-0.3, -0.25) is 4.79 Å². The highest BCUT2D eigenvalue weighted by molar-refractivity contribution is 9.10. The van der Waals surface area contributed by atoms with Crippen molar-refractivity contribution < 1.29 is 18.0 Å². The molecule has 0 fully saturated rings. The molecule has 32 heavy (non-hydrogen) atoms. The smallest absolute Gasteiger partial charge is 0.306 e. The van der Waals surface area contributed by atoms with Gasteiger partial charge < -0.3 is 5.32 Å². The number of anilines is 1. The van der Waals surface area contributed by atoms with E-state index in [1.165, 1.54) is 6.20 Å². The molecule has 4 aromatic rings. The Balaban J connectivity index is 1.81. The van der Waals surface area contributed by atoms with E-state index in [9.17, 15) is 18.0 Å². The van der Waals surface area contributed by atoms with Gasteiger partial charge in [0.15, 0.2) is 11.3 Å². The Labute approximate surface area is 189 Å². The topological polar surface area (TPSA) is 72.2 Å². The molecule has 164 valence electrons. The van der Waals surface area contributed by atoms with E-state index in [4.69, 9.17) is 0 Å². The third-order valence-corrected chi connectivity index (χ3v) is 5.32. The molecule has 4 rings (SSSR count). The van der Waals surface area contributed by atoms with Crippen LogP contribution in [0.3, 0.4) is 0 Å². The van der Waals surface area contributed by atoms with Crippen molar-refractivity contribution in [2.24, 2.45) is 0 Å². The third-order valence-electron chi connectivity index (χ3n) is 4.85. The number of nitrogens with one attached hydrogen (secondary N) is 1. The average molecular weight is 504 g/mol. The Morgan fingerprint density at radius 1 is 1.09 bits per heavy atom. The summed E-state index contributed by atoms with van der Waals surface area (Å²) in [6.45, 7) is 4.05. The summed E-state index contributed by atoms with van der Waals surface area (Å²) in [5.74, 6) is -0.139. The highest BCUT2D eigenvalue weighted by Crippen LogP contribution is 2.33. The number of carbonyl (C=O) groups is 1. The lowest BCUT2D eigenvalue weighted by Gasteiger charge is -2.12. The normalized spacial score (nSPS) is 11.8. The third kappa shape index (κ3) is 4.36. The van der Waals surface area contributed by atoms with Crippen molar-refractivity contribution in [1.82, 2.24) is 19.6 Å². The summed E-state index contributed by atoms with van der Waals surface area (Å²) in [7, 11) is 0. The predicted molar refractivity (Wildman–Crippen MR) is 117 cm³/mol. The quantitative estimate of drug-likeness (QED) is 0.373. The lowest BCUT2D eigenvalue weighted by Crippen LogP contribution is -2.16. The number of rotatable bonds is 4. The Hall–Kier alpha value is -3.27. The fourth-order valence-electron chi connectivity index (χ4n) is 3.15. The maximum Gasteiger partial charge on any atom is 0.433 e. The van der Waals surface area contributed by atoms with Gasteiger partial charge in [0.2, 0.25) is 0 Å². The molecule has 1 amide bonds. The molecule has 0 aliphatic carbocycles. The van der Waals surface area contributed by atoms with E-state index in [0.29, 0.717) is 10.1 Å². The van der Waals surface area contributed by atoms with E-state index in [1.807, 2.05) is 26.0 Å². The molecule has 0 saturated heterocycles. The van der Waals surface area contributed by atoms with Crippen molar-refractivity contribution in [3.63, 3.8) is 0 Å². The van der Waals surface area contributed by atoms with Gasteiger partial charge in [0.05, 0.1) is 11.9 Å². The number of amides is 1. The number of hydrogen-bond acceptors (Lipinski definition) is 4. The van der Waals surface area contributed by atoms with Gasteiger partial charge in [-0.1, -0.05) is 38.1 Å². The summed E-state index contributed by atoms with van der Waals surface area (Å²) >= 11 is 3.25. The van der Waals surface area contributed by atoms with Crippen LogP contribution in [0.25, 0.3) is 16.9 Å². The van der Waals surface area contributed by atoms with Crippen LogP contribution >= 0.6 is 15.9 Å². The first-order valence-corrected chi connectivity index (χ1v) is 10.4. The Kier molecular flexibility index (Phi) is 5.72. The first-order valence-electron chi connectivity index (χ1n) is 9.62. The summed E-state index contributed by atoms with van der Waals surface area (Å²) in [6, 6.07) is 11.3. The summed E-state index contributed by atoms with van der Waals surface area (Å²) in [5.41, 5.74) is 0.336. The monoisotopic (exact) mass is 503 g/mol. The Bertz CT molecular complexity index is 1280. The number of carbonyl (C=O) groups excluding carboxylic acids is 1. The maximum atomic E-state index is 13.8. The van der Waals surface area contributed by atoms with Crippen molar-refractivity contribution in [2.45, 2.75) is 25.9 Å². The second kappa shape index (κ2) is 8.34. The van der Waals surface area contributed by atoms with Crippen LogP contribution in [0.15, 0.2) is 59.3 Å². The number of halogens is 4. The van der Waals surface area contributed by atoms with Gasteiger partial charge in [-0.2, -0.15) is 18.3 Å². The second-order valence-corrected chi connectivity index (χ2v) is 8.33. The largest absolute Gasteiger partial charge is 0.433 e. The number of hydrogen-bond donors (Lipinski definition) is 1. The van der Waals surface area contributed by atoms with Crippen LogP contribution in [0.1, 0.15) is 41.4 Å². The maximum absolute atomic E-state index is 13.8. The van der Waals surface area contributed by atoms with Crippen molar-refractivity contribution in [3.05, 3.63) is 76.2 Å². The van der Waals surface area contributed by atoms with Crippen LogP contribution < -0.4 is 5.32 Å². The minimum Gasteiger partial charge on any atom is -0.306 e. The molecule has 0 bridgehead atoms. The Morgan fingerprint density at radius 3 is 2.41 bits per heavy atom. The molecular formula is C22H17BrF3N5O. The van der Waals surface area contributed by atoms with Crippen LogP contribution in [0, 0.1) is 0 Å². The molecule has 3 aromatic heterocycles. The molecule has 1 aromatic carbocycles. The SMILES string of the molecule is CC(C)c1ccc(-c2cc(C(F)(F)F)n3ncc(C(=O)Nc4ccc(Br)cn4)c3n2)cc1. The van der Waals surface area contributed by atoms with Gasteiger partial charge in [0.25, 0.3) is 5.91 Å². The van der Waals surface area contributed by atoms with Crippen LogP contribution in [0.4, 0.5) is 19.0 Å². The molecule has 0 saturated carbocycles. The second-order valence-electron chi connectivity index (χ2n) is 7.41. The van der Waals surface area contributed by atoms with Crippen molar-refractivity contribution in [2.75, 3.05) is 5.32 Å². The predicted octanol–water partition coefficient (Wildman–Crippen LogP) is 5.95. The van der Waals surface area contributed by atoms with Gasteiger partial charge in [-0.25, -0.2) is 14.5 Å². The van der Waals surface area contributed by atoms with Crippen molar-refractivity contribution in [3.8, 4) is 11.3 Å². The number of fused-ring (bicyclic) bond motifs is 1. The summed E-state index contributed by atoms with van der Waals surface area (Å²) in [4.78, 5) is 21.2. The Morgan fingerprint density at radius 2 is 1.81 bits per heavy atom. The van der Waals surface area contributed by atoms with E-state index in [2.05, 4.69) is 36.3 Å². The van der Waals surface area contributed by atoms with Gasteiger partial charge in [0.1, 0.15) is 11.4 Å². The van der Waals surface area contributed by atoms with Gasteiger partial charge in [0, 0.05) is 16.2 Å².